The van der Waals surface area contributed by atoms with Gasteiger partial charge in [-0.1, -0.05) is 134 Å². The molecule has 1 aliphatic rings. The number of epoxide rings is 1. The van der Waals surface area contributed by atoms with Gasteiger partial charge in [-0.15, -0.1) is 0 Å². The van der Waals surface area contributed by atoms with Gasteiger partial charge in [-0.25, -0.2) is 4.57 Å². The minimum atomic E-state index is -4.31. The maximum absolute atomic E-state index is 12.5. The molecule has 0 aromatic heterocycles. The molecule has 1 heterocycles. The van der Waals surface area contributed by atoms with E-state index in [0.29, 0.717) is 18.6 Å². The minimum Gasteiger partial charge on any atom is -0.498 e. The summed E-state index contributed by atoms with van der Waals surface area (Å²) >= 11 is 0. The molecule has 0 bridgehead atoms. The lowest BCUT2D eigenvalue weighted by molar-refractivity contribution is -0.153. The summed E-state index contributed by atoms with van der Waals surface area (Å²) in [6, 6.07) is 0. The van der Waals surface area contributed by atoms with Crippen molar-refractivity contribution in [2.24, 2.45) is 5.73 Å². The summed E-state index contributed by atoms with van der Waals surface area (Å²) in [5.41, 5.74) is 5.35. The molecule has 1 rings (SSSR count). The van der Waals surface area contributed by atoms with Crippen molar-refractivity contribution in [2.75, 3.05) is 26.4 Å². The topological polar surface area (TPSA) is 130 Å². The number of rotatable bonds is 37. The van der Waals surface area contributed by atoms with E-state index in [-0.39, 0.29) is 32.8 Å². The molecular formula is C41H74NO8P. The first kappa shape index (κ1) is 47.3. The highest BCUT2D eigenvalue weighted by atomic mass is 31.2. The maximum Gasteiger partial charge on any atom is 0.472 e. The third-order valence-electron chi connectivity index (χ3n) is 8.72. The number of hydrogen-bond donors (Lipinski definition) is 2. The number of allylic oxidation sites excluding steroid dienone is 5. The normalized spacial score (nSPS) is 18.0. The third kappa shape index (κ3) is 31.5. The van der Waals surface area contributed by atoms with Crippen LogP contribution in [0.1, 0.15) is 162 Å². The number of unbranched alkanes of at least 4 members (excludes halogenated alkanes) is 16. The van der Waals surface area contributed by atoms with Crippen molar-refractivity contribution in [3.8, 4) is 0 Å². The van der Waals surface area contributed by atoms with Gasteiger partial charge in [0.1, 0.15) is 6.61 Å². The molecule has 10 heteroatoms. The fraction of sp³-hybridized carbons (Fsp3) is 0.780. The van der Waals surface area contributed by atoms with Crippen molar-refractivity contribution in [1.29, 1.82) is 0 Å². The van der Waals surface area contributed by atoms with Crippen LogP contribution >= 0.6 is 7.82 Å². The van der Waals surface area contributed by atoms with Crippen molar-refractivity contribution in [1.82, 2.24) is 0 Å². The van der Waals surface area contributed by atoms with Gasteiger partial charge in [0.2, 0.25) is 0 Å². The van der Waals surface area contributed by atoms with Crippen molar-refractivity contribution < 1.29 is 37.5 Å². The van der Waals surface area contributed by atoms with Gasteiger partial charge in [0, 0.05) is 13.0 Å². The number of nitrogens with two attached hydrogens (primary N) is 1. The molecule has 0 aliphatic carbocycles. The second-order valence-electron chi connectivity index (χ2n) is 13.6. The summed E-state index contributed by atoms with van der Waals surface area (Å²) in [6.45, 7) is 4.12. The molecule has 51 heavy (non-hydrogen) atoms. The summed E-state index contributed by atoms with van der Waals surface area (Å²) in [4.78, 5) is 22.4. The summed E-state index contributed by atoms with van der Waals surface area (Å²) < 4.78 is 38.8. The first-order valence-corrected chi connectivity index (χ1v) is 21.8. The second-order valence-corrected chi connectivity index (χ2v) is 15.1. The Labute approximate surface area is 311 Å². The molecule has 4 unspecified atom stereocenters. The smallest absolute Gasteiger partial charge is 0.472 e. The van der Waals surface area contributed by atoms with E-state index >= 15 is 0 Å². The van der Waals surface area contributed by atoms with Crippen LogP contribution in [0.2, 0.25) is 0 Å². The van der Waals surface area contributed by atoms with Gasteiger partial charge in [0.05, 0.1) is 31.7 Å². The van der Waals surface area contributed by atoms with E-state index in [1.807, 2.05) is 6.08 Å². The standard InChI is InChI=1S/C41H74NO8P/c1-3-5-7-9-11-12-13-14-15-16-17-21-25-29-34-46-36-38(37-48-51(44,45)47-35-33-42)49-41(43)32-28-24-20-18-19-23-27-31-40-39(50-40)30-26-22-10-8-6-4-2/h18,20,22-23,26-27,29,34,38-40H,3-17,19,21,24-25,28,30-33,35-37,42H2,1-2H3,(H,44,45). The van der Waals surface area contributed by atoms with E-state index in [1.54, 1.807) is 6.26 Å². The Balaban J connectivity index is 2.22. The Kier molecular flexibility index (Phi) is 31.6. The molecular weight excluding hydrogens is 665 g/mol. The van der Waals surface area contributed by atoms with Crippen LogP contribution in [0.4, 0.5) is 0 Å². The lowest BCUT2D eigenvalue weighted by Crippen LogP contribution is -2.27. The summed E-state index contributed by atoms with van der Waals surface area (Å²) in [6.07, 6.45) is 42.5. The average molecular weight is 740 g/mol. The van der Waals surface area contributed by atoms with Crippen LogP contribution in [-0.2, 0) is 32.6 Å². The van der Waals surface area contributed by atoms with Crippen LogP contribution in [0.25, 0.3) is 0 Å². The predicted molar refractivity (Wildman–Crippen MR) is 209 cm³/mol. The molecule has 0 amide bonds. The second kappa shape index (κ2) is 34.1. The van der Waals surface area contributed by atoms with E-state index in [0.717, 1.165) is 38.5 Å². The fourth-order valence-corrected chi connectivity index (χ4v) is 6.35. The number of carbonyl (C=O) groups is 1. The van der Waals surface area contributed by atoms with Gasteiger partial charge in [-0.3, -0.25) is 13.8 Å². The van der Waals surface area contributed by atoms with E-state index in [9.17, 15) is 14.3 Å². The van der Waals surface area contributed by atoms with Crippen LogP contribution < -0.4 is 5.73 Å². The lowest BCUT2D eigenvalue weighted by atomic mass is 10.0. The average Bonchev–Trinajstić information content (AvgIpc) is 3.87. The van der Waals surface area contributed by atoms with Crippen LogP contribution in [0, 0.1) is 0 Å². The van der Waals surface area contributed by atoms with Gasteiger partial charge >= 0.3 is 13.8 Å². The SMILES string of the molecule is CCCCCC=CCC1OC1CC=CCC=CCCCC(=O)OC(COC=CCCCCCCCCCCCCCC)COP(=O)(O)OCCN. The molecule has 4 atom stereocenters. The molecule has 1 fully saturated rings. The monoisotopic (exact) mass is 740 g/mol. The molecule has 1 aliphatic heterocycles. The summed E-state index contributed by atoms with van der Waals surface area (Å²) in [7, 11) is -4.31. The molecule has 0 saturated carbocycles. The molecule has 0 radical (unpaired) electrons. The van der Waals surface area contributed by atoms with Crippen molar-refractivity contribution in [3.05, 3.63) is 48.8 Å². The highest BCUT2D eigenvalue weighted by Crippen LogP contribution is 2.43. The molecule has 0 aromatic rings. The molecule has 0 spiro atoms. The quantitative estimate of drug-likeness (QED) is 0.0160. The summed E-state index contributed by atoms with van der Waals surface area (Å²) in [5.74, 6) is -0.411. The Bertz CT molecular complexity index is 985. The van der Waals surface area contributed by atoms with Gasteiger partial charge < -0.3 is 24.8 Å². The van der Waals surface area contributed by atoms with Gasteiger partial charge in [-0.05, 0) is 63.9 Å². The van der Waals surface area contributed by atoms with E-state index in [2.05, 4.69) is 50.3 Å². The van der Waals surface area contributed by atoms with Crippen LogP contribution in [0.5, 0.6) is 0 Å². The first-order chi connectivity index (χ1) is 24.9. The zero-order valence-electron chi connectivity index (χ0n) is 32.3. The predicted octanol–water partition coefficient (Wildman–Crippen LogP) is 11.0. The van der Waals surface area contributed by atoms with Crippen LogP contribution in [-0.4, -0.2) is 55.5 Å². The lowest BCUT2D eigenvalue weighted by Gasteiger charge is -2.19. The Hall–Kier alpha value is -1.74. The van der Waals surface area contributed by atoms with Gasteiger partial charge in [0.15, 0.2) is 6.10 Å². The molecule has 1 saturated heterocycles. The van der Waals surface area contributed by atoms with E-state index in [4.69, 9.17) is 29.0 Å². The van der Waals surface area contributed by atoms with E-state index < -0.39 is 19.9 Å². The highest BCUT2D eigenvalue weighted by Gasteiger charge is 2.36. The van der Waals surface area contributed by atoms with Crippen molar-refractivity contribution in [3.63, 3.8) is 0 Å². The molecule has 296 valence electrons. The minimum absolute atomic E-state index is 0.00615. The fourth-order valence-electron chi connectivity index (χ4n) is 5.58. The Morgan fingerprint density at radius 2 is 1.24 bits per heavy atom. The Morgan fingerprint density at radius 3 is 1.90 bits per heavy atom. The largest absolute Gasteiger partial charge is 0.498 e. The zero-order valence-corrected chi connectivity index (χ0v) is 33.2. The molecule has 9 nitrogen and oxygen atoms in total. The maximum atomic E-state index is 12.5. The number of esters is 1. The first-order valence-electron chi connectivity index (χ1n) is 20.3. The Morgan fingerprint density at radius 1 is 0.706 bits per heavy atom. The van der Waals surface area contributed by atoms with Gasteiger partial charge in [0.25, 0.3) is 0 Å². The molecule has 3 N–H and O–H groups in total. The van der Waals surface area contributed by atoms with Gasteiger partial charge in [-0.2, -0.15) is 0 Å². The van der Waals surface area contributed by atoms with E-state index in [1.165, 1.54) is 96.3 Å². The number of phosphoric acid groups is 1. The third-order valence-corrected chi connectivity index (χ3v) is 9.70. The number of hydrogen-bond acceptors (Lipinski definition) is 8. The van der Waals surface area contributed by atoms with Crippen molar-refractivity contribution in [2.45, 2.75) is 180 Å². The highest BCUT2D eigenvalue weighted by molar-refractivity contribution is 7.47. The van der Waals surface area contributed by atoms with Crippen LogP contribution in [0.15, 0.2) is 48.8 Å². The zero-order chi connectivity index (χ0) is 37.1. The van der Waals surface area contributed by atoms with Crippen molar-refractivity contribution >= 4 is 13.8 Å². The number of ether oxygens (including phenoxy) is 3. The number of carbonyl (C=O) groups excluding carboxylic acids is 1. The summed E-state index contributed by atoms with van der Waals surface area (Å²) in [5, 5.41) is 0. The number of phosphoric ester groups is 1. The molecule has 0 aromatic carbocycles. The van der Waals surface area contributed by atoms with Crippen LogP contribution in [0.3, 0.4) is 0 Å².